The fraction of sp³-hybridized carbons (Fsp3) is 0.438. The van der Waals surface area contributed by atoms with Gasteiger partial charge in [-0.15, -0.1) is 0 Å². The Hall–Kier alpha value is -1.92. The number of rotatable bonds is 4. The van der Waals surface area contributed by atoms with Crippen molar-refractivity contribution in [1.82, 2.24) is 20.4 Å². The molecule has 0 bridgehead atoms. The zero-order valence-corrected chi connectivity index (χ0v) is 13.7. The van der Waals surface area contributed by atoms with Gasteiger partial charge in [0.2, 0.25) is 17.6 Å². The van der Waals surface area contributed by atoms with E-state index in [1.165, 1.54) is 0 Å². The lowest BCUT2D eigenvalue weighted by Crippen LogP contribution is -2.42. The molecule has 0 saturated carbocycles. The lowest BCUT2D eigenvalue weighted by atomic mass is 9.98. The van der Waals surface area contributed by atoms with Crippen LogP contribution in [-0.4, -0.2) is 47.6 Å². The highest BCUT2D eigenvalue weighted by Crippen LogP contribution is 2.27. The average molecular weight is 335 g/mol. The minimum absolute atomic E-state index is 0.0955. The van der Waals surface area contributed by atoms with Crippen molar-refractivity contribution in [3.63, 3.8) is 0 Å². The molecule has 0 aliphatic carbocycles. The molecule has 0 radical (unpaired) electrons. The van der Waals surface area contributed by atoms with Gasteiger partial charge in [0.05, 0.1) is 12.5 Å². The minimum Gasteiger partial charge on any atom is -0.341 e. The molecule has 1 aliphatic rings. The molecule has 1 amide bonds. The Bertz CT molecular complexity index is 671. The first-order chi connectivity index (χ1) is 11.2. The van der Waals surface area contributed by atoms with E-state index < -0.39 is 0 Å². The number of hydrogen-bond acceptors (Lipinski definition) is 5. The van der Waals surface area contributed by atoms with Crippen LogP contribution in [0.4, 0.5) is 0 Å². The van der Waals surface area contributed by atoms with Crippen LogP contribution >= 0.6 is 11.6 Å². The lowest BCUT2D eigenvalue weighted by molar-refractivity contribution is -0.131. The normalized spacial score (nSPS) is 18.2. The molecule has 1 N–H and O–H groups in total. The van der Waals surface area contributed by atoms with E-state index >= 15 is 0 Å². The molecule has 1 aromatic heterocycles. The molecule has 1 unspecified atom stereocenters. The number of carbonyl (C=O) groups is 1. The van der Waals surface area contributed by atoms with E-state index in [2.05, 4.69) is 15.5 Å². The predicted molar refractivity (Wildman–Crippen MR) is 87.2 cm³/mol. The third kappa shape index (κ3) is 3.71. The Morgan fingerprint density at radius 1 is 1.43 bits per heavy atom. The maximum Gasteiger partial charge on any atom is 0.236 e. The number of likely N-dealkylation sites (tertiary alicyclic amines) is 1. The summed E-state index contributed by atoms with van der Waals surface area (Å²) in [5.41, 5.74) is 0.864. The molecule has 6 nitrogen and oxygen atoms in total. The number of piperidine rings is 1. The van der Waals surface area contributed by atoms with Crippen LogP contribution in [0.1, 0.15) is 24.7 Å². The Morgan fingerprint density at radius 2 is 2.22 bits per heavy atom. The fourth-order valence-corrected chi connectivity index (χ4v) is 2.91. The number of halogens is 1. The Balaban J connectivity index is 1.72. The summed E-state index contributed by atoms with van der Waals surface area (Å²) in [6.45, 7) is 1.77. The molecule has 23 heavy (non-hydrogen) atoms. The van der Waals surface area contributed by atoms with Crippen LogP contribution in [0, 0.1) is 0 Å². The maximum atomic E-state index is 12.0. The molecule has 3 rings (SSSR count). The quantitative estimate of drug-likeness (QED) is 0.929. The molecule has 122 valence electrons. The van der Waals surface area contributed by atoms with Crippen LogP contribution in [-0.2, 0) is 4.79 Å². The molecule has 2 heterocycles. The van der Waals surface area contributed by atoms with Gasteiger partial charge in [0.1, 0.15) is 0 Å². The summed E-state index contributed by atoms with van der Waals surface area (Å²) in [6.07, 6.45) is 1.89. The fourth-order valence-electron chi connectivity index (χ4n) is 2.79. The second-order valence-corrected chi connectivity index (χ2v) is 6.11. The molecule has 1 aliphatic heterocycles. The van der Waals surface area contributed by atoms with Crippen LogP contribution in [0.15, 0.2) is 28.8 Å². The van der Waals surface area contributed by atoms with Crippen LogP contribution in [0.5, 0.6) is 0 Å². The van der Waals surface area contributed by atoms with E-state index in [1.807, 2.05) is 17.0 Å². The van der Waals surface area contributed by atoms with Gasteiger partial charge >= 0.3 is 0 Å². The van der Waals surface area contributed by atoms with Crippen molar-refractivity contribution in [2.75, 3.05) is 26.7 Å². The van der Waals surface area contributed by atoms with Gasteiger partial charge in [-0.2, -0.15) is 4.98 Å². The smallest absolute Gasteiger partial charge is 0.236 e. The highest BCUT2D eigenvalue weighted by atomic mass is 35.5. The van der Waals surface area contributed by atoms with E-state index in [9.17, 15) is 4.79 Å². The van der Waals surface area contributed by atoms with Gasteiger partial charge < -0.3 is 14.7 Å². The highest BCUT2D eigenvalue weighted by molar-refractivity contribution is 6.30. The molecule has 0 spiro atoms. The van der Waals surface area contributed by atoms with Gasteiger partial charge in [0.15, 0.2) is 0 Å². The third-order valence-electron chi connectivity index (χ3n) is 4.00. The van der Waals surface area contributed by atoms with Gasteiger partial charge in [-0.1, -0.05) is 16.8 Å². The molecule has 1 atom stereocenters. The van der Waals surface area contributed by atoms with Crippen LogP contribution in [0.2, 0.25) is 5.02 Å². The predicted octanol–water partition coefficient (Wildman–Crippen LogP) is 2.32. The zero-order chi connectivity index (χ0) is 16.2. The molecule has 7 heteroatoms. The number of nitrogens with one attached hydrogen (secondary N) is 1. The Kier molecular flexibility index (Phi) is 4.93. The first kappa shape index (κ1) is 16.0. The second kappa shape index (κ2) is 7.10. The van der Waals surface area contributed by atoms with E-state index in [0.29, 0.717) is 29.8 Å². The topological polar surface area (TPSA) is 71.3 Å². The van der Waals surface area contributed by atoms with Crippen LogP contribution < -0.4 is 5.32 Å². The average Bonchev–Trinajstić information content (AvgIpc) is 3.06. The highest BCUT2D eigenvalue weighted by Gasteiger charge is 2.28. The molecule has 1 aromatic carbocycles. The van der Waals surface area contributed by atoms with Crippen molar-refractivity contribution >= 4 is 17.5 Å². The number of aromatic nitrogens is 2. The van der Waals surface area contributed by atoms with Crippen molar-refractivity contribution in [1.29, 1.82) is 0 Å². The van der Waals surface area contributed by atoms with Crippen molar-refractivity contribution < 1.29 is 9.32 Å². The molecular formula is C16H19ClN4O2. The van der Waals surface area contributed by atoms with Crippen molar-refractivity contribution in [2.45, 2.75) is 18.8 Å². The number of amides is 1. The van der Waals surface area contributed by atoms with Gasteiger partial charge in [-0.25, -0.2) is 0 Å². The summed E-state index contributed by atoms with van der Waals surface area (Å²) in [4.78, 5) is 18.4. The van der Waals surface area contributed by atoms with E-state index in [0.717, 1.165) is 24.9 Å². The number of carbonyl (C=O) groups excluding carboxylic acids is 1. The van der Waals surface area contributed by atoms with Crippen LogP contribution in [0.3, 0.4) is 0 Å². The number of benzene rings is 1. The lowest BCUT2D eigenvalue weighted by Gasteiger charge is -2.31. The molecule has 2 aromatic rings. The van der Waals surface area contributed by atoms with Crippen molar-refractivity contribution in [3.05, 3.63) is 35.2 Å². The number of hydrogen-bond donors (Lipinski definition) is 1. The van der Waals surface area contributed by atoms with E-state index in [-0.39, 0.29) is 11.8 Å². The Labute approximate surface area is 139 Å². The summed E-state index contributed by atoms with van der Waals surface area (Å²) in [5.74, 6) is 1.35. The molecular weight excluding hydrogens is 316 g/mol. The first-order valence-electron chi connectivity index (χ1n) is 7.69. The molecule has 1 fully saturated rings. The third-order valence-corrected chi connectivity index (χ3v) is 4.25. The summed E-state index contributed by atoms with van der Waals surface area (Å²) < 4.78 is 5.43. The van der Waals surface area contributed by atoms with E-state index in [4.69, 9.17) is 16.1 Å². The van der Waals surface area contributed by atoms with Gasteiger partial charge in [-0.05, 0) is 44.2 Å². The standard InChI is InChI=1S/C16H19ClN4O2/c1-18-9-14(22)21-8-2-3-12(10-21)16-19-15(20-23-16)11-4-6-13(17)7-5-11/h4-7,12,18H,2-3,8-10H2,1H3. The van der Waals surface area contributed by atoms with Crippen molar-refractivity contribution in [3.8, 4) is 11.4 Å². The van der Waals surface area contributed by atoms with Crippen molar-refractivity contribution in [2.24, 2.45) is 0 Å². The summed E-state index contributed by atoms with van der Waals surface area (Å²) >= 11 is 5.89. The van der Waals surface area contributed by atoms with Gasteiger partial charge in [-0.3, -0.25) is 4.79 Å². The summed E-state index contributed by atoms with van der Waals surface area (Å²) in [5, 5.41) is 7.62. The summed E-state index contributed by atoms with van der Waals surface area (Å²) in [6, 6.07) is 7.32. The second-order valence-electron chi connectivity index (χ2n) is 5.67. The zero-order valence-electron chi connectivity index (χ0n) is 13.0. The number of likely N-dealkylation sites (N-methyl/N-ethyl adjacent to an activating group) is 1. The monoisotopic (exact) mass is 334 g/mol. The van der Waals surface area contributed by atoms with Crippen LogP contribution in [0.25, 0.3) is 11.4 Å². The molecule has 1 saturated heterocycles. The summed E-state index contributed by atoms with van der Waals surface area (Å²) in [7, 11) is 1.77. The Morgan fingerprint density at radius 3 is 2.96 bits per heavy atom. The first-order valence-corrected chi connectivity index (χ1v) is 8.07. The maximum absolute atomic E-state index is 12.0. The van der Waals surface area contributed by atoms with Gasteiger partial charge in [0, 0.05) is 23.7 Å². The van der Waals surface area contributed by atoms with E-state index in [1.54, 1.807) is 19.2 Å². The SMILES string of the molecule is CNCC(=O)N1CCCC(c2nc(-c3ccc(Cl)cc3)no2)C1. The number of nitrogens with zero attached hydrogens (tertiary/aromatic N) is 3. The largest absolute Gasteiger partial charge is 0.341 e. The van der Waals surface area contributed by atoms with Gasteiger partial charge in [0.25, 0.3) is 0 Å². The minimum atomic E-state index is 0.0955.